The van der Waals surface area contributed by atoms with Crippen LogP contribution in [-0.4, -0.2) is 17.8 Å². The molecule has 0 spiro atoms. The number of hydrogen-bond donors (Lipinski definition) is 1. The molecule has 0 aliphatic carbocycles. The van der Waals surface area contributed by atoms with E-state index >= 15 is 0 Å². The van der Waals surface area contributed by atoms with Crippen LogP contribution in [-0.2, 0) is 4.79 Å². The van der Waals surface area contributed by atoms with E-state index in [2.05, 4.69) is 28.2 Å². The SMILES string of the molecule is CCCCC(=O)NCCBr. The monoisotopic (exact) mass is 207 g/mol. The summed E-state index contributed by atoms with van der Waals surface area (Å²) in [5.41, 5.74) is 0. The molecule has 0 rings (SSSR count). The number of rotatable bonds is 5. The highest BCUT2D eigenvalue weighted by molar-refractivity contribution is 9.09. The fourth-order valence-corrected chi connectivity index (χ4v) is 0.811. The minimum absolute atomic E-state index is 0.168. The summed E-state index contributed by atoms with van der Waals surface area (Å²) >= 11 is 3.23. The second kappa shape index (κ2) is 7.06. The van der Waals surface area contributed by atoms with Gasteiger partial charge in [-0.1, -0.05) is 29.3 Å². The fraction of sp³-hybridized carbons (Fsp3) is 0.857. The van der Waals surface area contributed by atoms with E-state index in [-0.39, 0.29) is 5.91 Å². The van der Waals surface area contributed by atoms with E-state index in [9.17, 15) is 4.79 Å². The number of carbonyl (C=O) groups excluding carboxylic acids is 1. The second-order valence-corrected chi connectivity index (χ2v) is 2.94. The first kappa shape index (κ1) is 9.95. The van der Waals surface area contributed by atoms with Crippen LogP contribution in [0.3, 0.4) is 0 Å². The Balaban J connectivity index is 3.09. The van der Waals surface area contributed by atoms with Gasteiger partial charge in [-0.25, -0.2) is 0 Å². The Bertz CT molecular complexity index is 85.6. The Morgan fingerprint density at radius 1 is 1.60 bits per heavy atom. The van der Waals surface area contributed by atoms with E-state index in [1.807, 2.05) is 0 Å². The van der Waals surface area contributed by atoms with Gasteiger partial charge in [0.05, 0.1) is 0 Å². The Kier molecular flexibility index (Phi) is 7.03. The van der Waals surface area contributed by atoms with Crippen molar-refractivity contribution < 1.29 is 4.79 Å². The van der Waals surface area contributed by atoms with Crippen molar-refractivity contribution in [3.8, 4) is 0 Å². The predicted molar refractivity (Wildman–Crippen MR) is 46.3 cm³/mol. The smallest absolute Gasteiger partial charge is 0.220 e. The van der Waals surface area contributed by atoms with Crippen molar-refractivity contribution in [2.45, 2.75) is 26.2 Å². The molecule has 0 fully saturated rings. The van der Waals surface area contributed by atoms with Gasteiger partial charge in [0.1, 0.15) is 0 Å². The van der Waals surface area contributed by atoms with Crippen LogP contribution in [0.1, 0.15) is 26.2 Å². The summed E-state index contributed by atoms with van der Waals surface area (Å²) in [7, 11) is 0. The van der Waals surface area contributed by atoms with E-state index in [0.717, 1.165) is 24.7 Å². The largest absolute Gasteiger partial charge is 0.355 e. The van der Waals surface area contributed by atoms with E-state index in [4.69, 9.17) is 0 Å². The van der Waals surface area contributed by atoms with Gasteiger partial charge >= 0.3 is 0 Å². The molecule has 3 heteroatoms. The van der Waals surface area contributed by atoms with Crippen LogP contribution < -0.4 is 5.32 Å². The van der Waals surface area contributed by atoms with Gasteiger partial charge in [-0.05, 0) is 6.42 Å². The normalized spacial score (nSPS) is 9.40. The standard InChI is InChI=1S/C7H14BrNO/c1-2-3-4-7(10)9-6-5-8/h2-6H2,1H3,(H,9,10). The lowest BCUT2D eigenvalue weighted by atomic mass is 10.2. The van der Waals surface area contributed by atoms with E-state index < -0.39 is 0 Å². The number of nitrogens with one attached hydrogen (secondary N) is 1. The molecule has 0 aliphatic heterocycles. The first-order valence-corrected chi connectivity index (χ1v) is 4.76. The highest BCUT2D eigenvalue weighted by atomic mass is 79.9. The molecule has 0 saturated heterocycles. The maximum Gasteiger partial charge on any atom is 0.220 e. The van der Waals surface area contributed by atoms with Crippen LogP contribution in [0.5, 0.6) is 0 Å². The zero-order chi connectivity index (χ0) is 7.82. The first-order valence-electron chi connectivity index (χ1n) is 3.64. The van der Waals surface area contributed by atoms with Gasteiger partial charge in [0.25, 0.3) is 0 Å². The summed E-state index contributed by atoms with van der Waals surface area (Å²) in [6.45, 7) is 2.82. The Hall–Kier alpha value is -0.0500. The molecule has 0 radical (unpaired) electrons. The topological polar surface area (TPSA) is 29.1 Å². The van der Waals surface area contributed by atoms with Crippen molar-refractivity contribution >= 4 is 21.8 Å². The molecule has 0 aliphatic rings. The minimum Gasteiger partial charge on any atom is -0.355 e. The molecule has 0 saturated carbocycles. The number of halogens is 1. The van der Waals surface area contributed by atoms with Crippen LogP contribution in [0.25, 0.3) is 0 Å². The Morgan fingerprint density at radius 3 is 2.80 bits per heavy atom. The van der Waals surface area contributed by atoms with Crippen molar-refractivity contribution in [2.75, 3.05) is 11.9 Å². The fourth-order valence-electron chi connectivity index (χ4n) is 0.612. The Morgan fingerprint density at radius 2 is 2.30 bits per heavy atom. The van der Waals surface area contributed by atoms with Gasteiger partial charge in [0, 0.05) is 18.3 Å². The molecule has 10 heavy (non-hydrogen) atoms. The number of hydrogen-bond acceptors (Lipinski definition) is 1. The zero-order valence-corrected chi connectivity index (χ0v) is 7.91. The van der Waals surface area contributed by atoms with Crippen molar-refractivity contribution in [2.24, 2.45) is 0 Å². The average molecular weight is 208 g/mol. The number of amides is 1. The average Bonchev–Trinajstić information content (AvgIpc) is 1.97. The van der Waals surface area contributed by atoms with Crippen molar-refractivity contribution in [1.29, 1.82) is 0 Å². The third kappa shape index (κ3) is 6.08. The summed E-state index contributed by atoms with van der Waals surface area (Å²) in [5.74, 6) is 0.168. The molecule has 0 aromatic heterocycles. The lowest BCUT2D eigenvalue weighted by Crippen LogP contribution is -2.24. The predicted octanol–water partition coefficient (Wildman–Crippen LogP) is 1.69. The highest BCUT2D eigenvalue weighted by Crippen LogP contribution is 1.92. The molecule has 60 valence electrons. The quantitative estimate of drug-likeness (QED) is 0.684. The van der Waals surface area contributed by atoms with Crippen molar-refractivity contribution in [3.63, 3.8) is 0 Å². The highest BCUT2D eigenvalue weighted by Gasteiger charge is 1.96. The molecule has 0 aromatic carbocycles. The van der Waals surface area contributed by atoms with Crippen LogP contribution in [0.15, 0.2) is 0 Å². The van der Waals surface area contributed by atoms with Gasteiger partial charge in [-0.2, -0.15) is 0 Å². The number of unbranched alkanes of at least 4 members (excludes halogenated alkanes) is 1. The van der Waals surface area contributed by atoms with Crippen LogP contribution in [0.4, 0.5) is 0 Å². The molecular weight excluding hydrogens is 194 g/mol. The molecular formula is C7H14BrNO. The van der Waals surface area contributed by atoms with Gasteiger partial charge in [0.2, 0.25) is 5.91 Å². The molecule has 0 heterocycles. The van der Waals surface area contributed by atoms with Crippen LogP contribution in [0.2, 0.25) is 0 Å². The third-order valence-electron chi connectivity index (χ3n) is 1.17. The molecule has 1 N–H and O–H groups in total. The molecule has 0 atom stereocenters. The van der Waals surface area contributed by atoms with E-state index in [0.29, 0.717) is 6.42 Å². The van der Waals surface area contributed by atoms with E-state index in [1.54, 1.807) is 0 Å². The summed E-state index contributed by atoms with van der Waals surface area (Å²) in [4.78, 5) is 10.8. The van der Waals surface area contributed by atoms with Crippen molar-refractivity contribution in [1.82, 2.24) is 5.32 Å². The summed E-state index contributed by atoms with van der Waals surface area (Å²) in [6, 6.07) is 0. The maximum absolute atomic E-state index is 10.8. The minimum atomic E-state index is 0.168. The zero-order valence-electron chi connectivity index (χ0n) is 6.32. The summed E-state index contributed by atoms with van der Waals surface area (Å²) < 4.78 is 0. The molecule has 2 nitrogen and oxygen atoms in total. The molecule has 1 amide bonds. The van der Waals surface area contributed by atoms with Crippen LogP contribution >= 0.6 is 15.9 Å². The van der Waals surface area contributed by atoms with Gasteiger partial charge in [0.15, 0.2) is 0 Å². The second-order valence-electron chi connectivity index (χ2n) is 2.14. The lowest BCUT2D eigenvalue weighted by Gasteiger charge is -2.00. The Labute approximate surface area is 70.5 Å². The third-order valence-corrected chi connectivity index (χ3v) is 1.57. The molecule has 0 bridgehead atoms. The summed E-state index contributed by atoms with van der Waals surface area (Å²) in [6.07, 6.45) is 2.75. The molecule has 0 aromatic rings. The number of alkyl halides is 1. The van der Waals surface area contributed by atoms with Crippen molar-refractivity contribution in [3.05, 3.63) is 0 Å². The van der Waals surface area contributed by atoms with Gasteiger partial charge in [-0.3, -0.25) is 4.79 Å². The van der Waals surface area contributed by atoms with E-state index in [1.165, 1.54) is 0 Å². The maximum atomic E-state index is 10.8. The summed E-state index contributed by atoms with van der Waals surface area (Å²) in [5, 5.41) is 3.62. The lowest BCUT2D eigenvalue weighted by molar-refractivity contribution is -0.121. The van der Waals surface area contributed by atoms with Gasteiger partial charge < -0.3 is 5.32 Å². The van der Waals surface area contributed by atoms with Crippen LogP contribution in [0, 0.1) is 0 Å². The number of carbonyl (C=O) groups is 1. The first-order chi connectivity index (χ1) is 4.81. The van der Waals surface area contributed by atoms with Gasteiger partial charge in [-0.15, -0.1) is 0 Å². The molecule has 0 unspecified atom stereocenters.